The summed E-state index contributed by atoms with van der Waals surface area (Å²) < 4.78 is 9.92. The summed E-state index contributed by atoms with van der Waals surface area (Å²) >= 11 is 1.15. The number of furan rings is 1. The van der Waals surface area contributed by atoms with Crippen molar-refractivity contribution < 1.29 is 18.7 Å². The van der Waals surface area contributed by atoms with Gasteiger partial charge in [-0.15, -0.1) is 0 Å². The Kier molecular flexibility index (Phi) is 4.74. The molecule has 0 aliphatic carbocycles. The van der Waals surface area contributed by atoms with Crippen molar-refractivity contribution >= 4 is 28.2 Å². The Morgan fingerprint density at radius 2 is 2.29 bits per heavy atom. The molecule has 7 heteroatoms. The van der Waals surface area contributed by atoms with Crippen LogP contribution in [0.4, 0.5) is 5.13 Å². The predicted molar refractivity (Wildman–Crippen MR) is 79.0 cm³/mol. The van der Waals surface area contributed by atoms with Gasteiger partial charge >= 0.3 is 5.97 Å². The standard InChI is InChI=1S/C14H16N2O4S/c1-8(7-10-5-4-6-20-10)15-14-16-11(13(18)19-3)12(21-14)9(2)17/h4-6,8H,7H2,1-3H3,(H,15,16). The van der Waals surface area contributed by atoms with E-state index >= 15 is 0 Å². The molecule has 21 heavy (non-hydrogen) atoms. The first kappa shape index (κ1) is 15.2. The van der Waals surface area contributed by atoms with Gasteiger partial charge in [0, 0.05) is 19.4 Å². The Balaban J connectivity index is 2.13. The van der Waals surface area contributed by atoms with Gasteiger partial charge in [0.25, 0.3) is 0 Å². The monoisotopic (exact) mass is 308 g/mol. The van der Waals surface area contributed by atoms with Gasteiger partial charge in [-0.1, -0.05) is 11.3 Å². The van der Waals surface area contributed by atoms with Crippen molar-refractivity contribution in [2.24, 2.45) is 0 Å². The molecule has 0 aromatic carbocycles. The van der Waals surface area contributed by atoms with Crippen LogP contribution >= 0.6 is 11.3 Å². The third kappa shape index (κ3) is 3.69. The fourth-order valence-corrected chi connectivity index (χ4v) is 2.81. The van der Waals surface area contributed by atoms with E-state index in [4.69, 9.17) is 4.42 Å². The van der Waals surface area contributed by atoms with Crippen LogP contribution in [-0.4, -0.2) is 29.9 Å². The highest BCUT2D eigenvalue weighted by molar-refractivity contribution is 7.17. The lowest BCUT2D eigenvalue weighted by Gasteiger charge is -2.10. The van der Waals surface area contributed by atoms with Crippen LogP contribution in [0.15, 0.2) is 22.8 Å². The van der Waals surface area contributed by atoms with Crippen LogP contribution in [0.3, 0.4) is 0 Å². The average Bonchev–Trinajstić information content (AvgIpc) is 3.07. The van der Waals surface area contributed by atoms with Gasteiger partial charge in [-0.3, -0.25) is 4.79 Å². The minimum absolute atomic E-state index is 0.0487. The number of Topliss-reactive ketones (excluding diaryl/α,β-unsaturated/α-hetero) is 1. The number of esters is 1. The van der Waals surface area contributed by atoms with E-state index in [1.165, 1.54) is 14.0 Å². The number of carbonyl (C=O) groups is 2. The Labute approximate surface area is 126 Å². The molecular formula is C14H16N2O4S. The molecule has 0 bridgehead atoms. The number of carbonyl (C=O) groups excluding carboxylic acids is 2. The lowest BCUT2D eigenvalue weighted by atomic mass is 10.2. The zero-order valence-electron chi connectivity index (χ0n) is 12.0. The second-order valence-corrected chi connectivity index (χ2v) is 5.57. The number of ether oxygens (including phenoxy) is 1. The topological polar surface area (TPSA) is 81.4 Å². The number of nitrogens with zero attached hydrogens (tertiary/aromatic N) is 1. The lowest BCUT2D eigenvalue weighted by molar-refractivity contribution is 0.0591. The van der Waals surface area contributed by atoms with Gasteiger partial charge in [0.2, 0.25) is 0 Å². The maximum absolute atomic E-state index is 11.6. The summed E-state index contributed by atoms with van der Waals surface area (Å²) in [7, 11) is 1.26. The number of thiazole rings is 1. The van der Waals surface area contributed by atoms with Crippen molar-refractivity contribution in [1.82, 2.24) is 4.98 Å². The first-order chi connectivity index (χ1) is 10.0. The van der Waals surface area contributed by atoms with Crippen LogP contribution in [0.2, 0.25) is 0 Å². The van der Waals surface area contributed by atoms with Gasteiger partial charge in [-0.05, 0) is 19.1 Å². The highest BCUT2D eigenvalue weighted by atomic mass is 32.1. The van der Waals surface area contributed by atoms with Gasteiger partial charge in [0.15, 0.2) is 16.6 Å². The zero-order chi connectivity index (χ0) is 15.4. The fraction of sp³-hybridized carbons (Fsp3) is 0.357. The van der Waals surface area contributed by atoms with Crippen LogP contribution in [-0.2, 0) is 11.2 Å². The molecule has 1 atom stereocenters. The third-order valence-corrected chi connectivity index (χ3v) is 3.87. The van der Waals surface area contributed by atoms with E-state index in [2.05, 4.69) is 15.0 Å². The second kappa shape index (κ2) is 6.53. The summed E-state index contributed by atoms with van der Waals surface area (Å²) in [6.07, 6.45) is 2.30. The molecule has 1 N–H and O–H groups in total. The molecule has 1 unspecified atom stereocenters. The number of hydrogen-bond acceptors (Lipinski definition) is 7. The normalized spacial score (nSPS) is 12.0. The molecule has 0 aliphatic rings. The minimum Gasteiger partial charge on any atom is -0.469 e. The molecule has 0 saturated heterocycles. The first-order valence-corrected chi connectivity index (χ1v) is 7.22. The quantitative estimate of drug-likeness (QED) is 0.653. The number of ketones is 1. The van der Waals surface area contributed by atoms with Gasteiger partial charge in [0.05, 0.1) is 13.4 Å². The molecule has 112 valence electrons. The average molecular weight is 308 g/mol. The van der Waals surface area contributed by atoms with E-state index in [0.29, 0.717) is 16.4 Å². The van der Waals surface area contributed by atoms with Crippen LogP contribution < -0.4 is 5.32 Å². The highest BCUT2D eigenvalue weighted by Gasteiger charge is 2.22. The number of aromatic nitrogens is 1. The molecule has 0 aliphatic heterocycles. The minimum atomic E-state index is -0.608. The van der Waals surface area contributed by atoms with E-state index in [9.17, 15) is 9.59 Å². The molecular weight excluding hydrogens is 292 g/mol. The Bertz CT molecular complexity index is 633. The molecule has 0 saturated carbocycles. The Morgan fingerprint density at radius 3 is 2.86 bits per heavy atom. The van der Waals surface area contributed by atoms with Crippen molar-refractivity contribution in [2.45, 2.75) is 26.3 Å². The molecule has 0 fully saturated rings. The van der Waals surface area contributed by atoms with Crippen LogP contribution in [0.5, 0.6) is 0 Å². The van der Waals surface area contributed by atoms with Crippen molar-refractivity contribution in [3.8, 4) is 0 Å². The van der Waals surface area contributed by atoms with E-state index in [0.717, 1.165) is 17.1 Å². The first-order valence-electron chi connectivity index (χ1n) is 6.40. The molecule has 0 radical (unpaired) electrons. The van der Waals surface area contributed by atoms with Gasteiger partial charge < -0.3 is 14.5 Å². The zero-order valence-corrected chi connectivity index (χ0v) is 12.8. The highest BCUT2D eigenvalue weighted by Crippen LogP contribution is 2.25. The summed E-state index contributed by atoms with van der Waals surface area (Å²) in [6, 6.07) is 3.77. The number of hydrogen-bond donors (Lipinski definition) is 1. The molecule has 6 nitrogen and oxygen atoms in total. The molecule has 2 heterocycles. The smallest absolute Gasteiger partial charge is 0.358 e. The molecule has 2 aromatic rings. The Hall–Kier alpha value is -2.15. The van der Waals surface area contributed by atoms with Crippen molar-refractivity contribution in [3.05, 3.63) is 34.7 Å². The summed E-state index contributed by atoms with van der Waals surface area (Å²) in [4.78, 5) is 27.6. The molecule has 2 aromatic heterocycles. The predicted octanol–water partition coefficient (Wildman–Crippen LogP) is 2.77. The number of methoxy groups -OCH3 is 1. The largest absolute Gasteiger partial charge is 0.469 e. The third-order valence-electron chi connectivity index (χ3n) is 2.78. The molecule has 2 rings (SSSR count). The SMILES string of the molecule is COC(=O)c1nc(NC(C)Cc2ccco2)sc1C(C)=O. The summed E-state index contributed by atoms with van der Waals surface area (Å²) in [5.74, 6) is 0.0364. The Morgan fingerprint density at radius 1 is 1.52 bits per heavy atom. The van der Waals surface area contributed by atoms with Crippen molar-refractivity contribution in [3.63, 3.8) is 0 Å². The van der Waals surface area contributed by atoms with E-state index in [-0.39, 0.29) is 17.5 Å². The molecule has 0 amide bonds. The van der Waals surface area contributed by atoms with Crippen LogP contribution in [0.25, 0.3) is 0 Å². The maximum Gasteiger partial charge on any atom is 0.358 e. The number of nitrogens with one attached hydrogen (secondary N) is 1. The van der Waals surface area contributed by atoms with Gasteiger partial charge in [-0.2, -0.15) is 0 Å². The van der Waals surface area contributed by atoms with Crippen molar-refractivity contribution in [1.29, 1.82) is 0 Å². The lowest BCUT2D eigenvalue weighted by Crippen LogP contribution is -2.17. The van der Waals surface area contributed by atoms with Gasteiger partial charge in [0.1, 0.15) is 10.6 Å². The van der Waals surface area contributed by atoms with E-state index in [1.807, 2.05) is 19.1 Å². The fourth-order valence-electron chi connectivity index (χ4n) is 1.85. The molecule has 0 spiro atoms. The maximum atomic E-state index is 11.6. The summed E-state index contributed by atoms with van der Waals surface area (Å²) in [5, 5.41) is 3.68. The van der Waals surface area contributed by atoms with Gasteiger partial charge in [-0.25, -0.2) is 9.78 Å². The summed E-state index contributed by atoms with van der Waals surface area (Å²) in [6.45, 7) is 3.37. The number of rotatable bonds is 6. The second-order valence-electron chi connectivity index (χ2n) is 4.57. The van der Waals surface area contributed by atoms with Crippen LogP contribution in [0, 0.1) is 0 Å². The van der Waals surface area contributed by atoms with Crippen LogP contribution in [0.1, 0.15) is 39.8 Å². The van der Waals surface area contributed by atoms with E-state index < -0.39 is 5.97 Å². The summed E-state index contributed by atoms with van der Waals surface area (Å²) in [5.41, 5.74) is 0.0581. The van der Waals surface area contributed by atoms with Crippen molar-refractivity contribution in [2.75, 3.05) is 12.4 Å². The van der Waals surface area contributed by atoms with E-state index in [1.54, 1.807) is 6.26 Å². The number of anilines is 1.